The third kappa shape index (κ3) is 3.43. The zero-order valence-corrected chi connectivity index (χ0v) is 8.19. The summed E-state index contributed by atoms with van der Waals surface area (Å²) < 4.78 is 4.53. The highest BCUT2D eigenvalue weighted by Gasteiger charge is 2.01. The summed E-state index contributed by atoms with van der Waals surface area (Å²) in [7, 11) is 1.39. The Morgan fingerprint density at radius 1 is 1.57 bits per heavy atom. The Hall–Kier alpha value is -1.58. The zero-order valence-electron chi connectivity index (χ0n) is 8.19. The molecule has 76 valence electrons. The lowest BCUT2D eigenvalue weighted by Gasteiger charge is -2.00. The Bertz CT molecular complexity index is 313. The molecule has 0 unspecified atom stereocenters. The maximum absolute atomic E-state index is 10.8. The number of ether oxygens (including phenoxy) is 1. The number of pyridine rings is 1. The molecular formula is C10H14N2O2. The Labute approximate surface area is 83.1 Å². The molecule has 1 aromatic heterocycles. The van der Waals surface area contributed by atoms with Crippen LogP contribution < -0.4 is 5.73 Å². The molecule has 0 atom stereocenters. The fourth-order valence-electron chi connectivity index (χ4n) is 1.15. The Balaban J connectivity index is 2.35. The van der Waals surface area contributed by atoms with Crippen LogP contribution in [-0.4, -0.2) is 18.1 Å². The zero-order chi connectivity index (χ0) is 10.4. The Morgan fingerprint density at radius 3 is 3.00 bits per heavy atom. The van der Waals surface area contributed by atoms with Gasteiger partial charge in [0.15, 0.2) is 0 Å². The summed E-state index contributed by atoms with van der Waals surface area (Å²) in [5.41, 5.74) is 6.42. The van der Waals surface area contributed by atoms with E-state index in [1.54, 1.807) is 6.07 Å². The van der Waals surface area contributed by atoms with Crippen molar-refractivity contribution in [1.82, 2.24) is 4.98 Å². The van der Waals surface area contributed by atoms with Crippen molar-refractivity contribution in [3.63, 3.8) is 0 Å². The number of nitrogens with zero attached hydrogens (tertiary/aromatic N) is 1. The van der Waals surface area contributed by atoms with E-state index in [2.05, 4.69) is 9.72 Å². The van der Waals surface area contributed by atoms with Crippen LogP contribution in [0.1, 0.15) is 18.5 Å². The van der Waals surface area contributed by atoms with Crippen LogP contribution in [0.4, 0.5) is 5.82 Å². The van der Waals surface area contributed by atoms with Crippen LogP contribution in [0.3, 0.4) is 0 Å². The first-order chi connectivity index (χ1) is 6.72. The third-order valence-electron chi connectivity index (χ3n) is 1.87. The minimum atomic E-state index is -0.186. The van der Waals surface area contributed by atoms with Gasteiger partial charge in [0.05, 0.1) is 7.11 Å². The van der Waals surface area contributed by atoms with Crippen LogP contribution in [0.5, 0.6) is 0 Å². The maximum atomic E-state index is 10.8. The van der Waals surface area contributed by atoms with Gasteiger partial charge in [-0.1, -0.05) is 6.07 Å². The third-order valence-corrected chi connectivity index (χ3v) is 1.87. The SMILES string of the molecule is COC(=O)CCCc1cccc(N)n1. The first-order valence-electron chi connectivity index (χ1n) is 4.50. The standard InChI is InChI=1S/C10H14N2O2/c1-14-10(13)7-3-5-8-4-2-6-9(11)12-8/h2,4,6H,3,5,7H2,1H3,(H2,11,12). The fourth-order valence-corrected chi connectivity index (χ4v) is 1.15. The van der Waals surface area contributed by atoms with E-state index < -0.39 is 0 Å². The number of anilines is 1. The summed E-state index contributed by atoms with van der Waals surface area (Å²) in [5.74, 6) is 0.328. The number of aromatic nitrogens is 1. The highest BCUT2D eigenvalue weighted by atomic mass is 16.5. The summed E-state index contributed by atoms with van der Waals surface area (Å²) in [6.45, 7) is 0. The quantitative estimate of drug-likeness (QED) is 0.730. The molecule has 0 aliphatic rings. The van der Waals surface area contributed by atoms with Gasteiger partial charge in [-0.15, -0.1) is 0 Å². The largest absolute Gasteiger partial charge is 0.469 e. The number of carbonyl (C=O) groups is 1. The molecule has 4 heteroatoms. The van der Waals surface area contributed by atoms with Crippen LogP contribution in [-0.2, 0) is 16.0 Å². The Kier molecular flexibility index (Phi) is 3.91. The molecule has 0 aliphatic carbocycles. The molecular weight excluding hydrogens is 180 g/mol. The number of carbonyl (C=O) groups excluding carboxylic acids is 1. The number of methoxy groups -OCH3 is 1. The van der Waals surface area contributed by atoms with Crippen molar-refractivity contribution < 1.29 is 9.53 Å². The first-order valence-corrected chi connectivity index (χ1v) is 4.50. The van der Waals surface area contributed by atoms with Crippen molar-refractivity contribution in [2.45, 2.75) is 19.3 Å². The predicted octanol–water partition coefficient (Wildman–Crippen LogP) is 1.16. The van der Waals surface area contributed by atoms with Crippen molar-refractivity contribution >= 4 is 11.8 Å². The molecule has 0 saturated carbocycles. The lowest BCUT2D eigenvalue weighted by molar-refractivity contribution is -0.140. The van der Waals surface area contributed by atoms with Gasteiger partial charge in [-0.25, -0.2) is 4.98 Å². The number of rotatable bonds is 4. The molecule has 0 saturated heterocycles. The summed E-state index contributed by atoms with van der Waals surface area (Å²) in [4.78, 5) is 14.9. The van der Waals surface area contributed by atoms with Crippen LogP contribution in [0.15, 0.2) is 18.2 Å². The van der Waals surface area contributed by atoms with Gasteiger partial charge in [-0.05, 0) is 25.0 Å². The molecule has 4 nitrogen and oxygen atoms in total. The molecule has 0 aliphatic heterocycles. The van der Waals surface area contributed by atoms with Gasteiger partial charge in [-0.3, -0.25) is 4.79 Å². The molecule has 14 heavy (non-hydrogen) atoms. The van der Waals surface area contributed by atoms with Crippen LogP contribution in [0.25, 0.3) is 0 Å². The van der Waals surface area contributed by atoms with E-state index in [1.165, 1.54) is 7.11 Å². The van der Waals surface area contributed by atoms with Gasteiger partial charge >= 0.3 is 5.97 Å². The molecule has 2 N–H and O–H groups in total. The van der Waals surface area contributed by atoms with E-state index in [4.69, 9.17) is 5.73 Å². The van der Waals surface area contributed by atoms with Crippen molar-refractivity contribution in [2.24, 2.45) is 0 Å². The van der Waals surface area contributed by atoms with E-state index in [0.717, 1.165) is 18.5 Å². The van der Waals surface area contributed by atoms with E-state index in [9.17, 15) is 4.79 Å². The Morgan fingerprint density at radius 2 is 2.36 bits per heavy atom. The van der Waals surface area contributed by atoms with Crippen molar-refractivity contribution in [1.29, 1.82) is 0 Å². The number of esters is 1. The molecule has 1 rings (SSSR count). The lowest BCUT2D eigenvalue weighted by Crippen LogP contribution is -2.01. The van der Waals surface area contributed by atoms with Crippen molar-refractivity contribution in [3.8, 4) is 0 Å². The average Bonchev–Trinajstić information content (AvgIpc) is 2.17. The number of nitrogens with two attached hydrogens (primary N) is 1. The van der Waals surface area contributed by atoms with Gasteiger partial charge in [0, 0.05) is 12.1 Å². The lowest BCUT2D eigenvalue weighted by atomic mass is 10.2. The van der Waals surface area contributed by atoms with Crippen LogP contribution in [0, 0.1) is 0 Å². The number of nitrogen functional groups attached to an aromatic ring is 1. The van der Waals surface area contributed by atoms with Gasteiger partial charge in [0.25, 0.3) is 0 Å². The maximum Gasteiger partial charge on any atom is 0.305 e. The first kappa shape index (κ1) is 10.5. The average molecular weight is 194 g/mol. The predicted molar refractivity (Wildman–Crippen MR) is 53.6 cm³/mol. The molecule has 0 aromatic carbocycles. The second kappa shape index (κ2) is 5.21. The van der Waals surface area contributed by atoms with Crippen molar-refractivity contribution in [3.05, 3.63) is 23.9 Å². The van der Waals surface area contributed by atoms with Gasteiger partial charge in [-0.2, -0.15) is 0 Å². The van der Waals surface area contributed by atoms with Gasteiger partial charge in [0.1, 0.15) is 5.82 Å². The van der Waals surface area contributed by atoms with Crippen molar-refractivity contribution in [2.75, 3.05) is 12.8 Å². The number of hydrogen-bond acceptors (Lipinski definition) is 4. The topological polar surface area (TPSA) is 65.2 Å². The van der Waals surface area contributed by atoms with E-state index >= 15 is 0 Å². The highest BCUT2D eigenvalue weighted by molar-refractivity contribution is 5.69. The monoisotopic (exact) mass is 194 g/mol. The highest BCUT2D eigenvalue weighted by Crippen LogP contribution is 2.05. The molecule has 0 radical (unpaired) electrons. The number of aryl methyl sites for hydroxylation is 1. The number of hydrogen-bond donors (Lipinski definition) is 1. The smallest absolute Gasteiger partial charge is 0.305 e. The summed E-state index contributed by atoms with van der Waals surface area (Å²) in [6, 6.07) is 5.49. The van der Waals surface area contributed by atoms with E-state index in [1.807, 2.05) is 12.1 Å². The van der Waals surface area contributed by atoms with E-state index in [0.29, 0.717) is 12.2 Å². The van der Waals surface area contributed by atoms with Gasteiger partial charge in [0.2, 0.25) is 0 Å². The summed E-state index contributed by atoms with van der Waals surface area (Å²) >= 11 is 0. The molecule has 1 aromatic rings. The van der Waals surface area contributed by atoms with Crippen LogP contribution >= 0.6 is 0 Å². The summed E-state index contributed by atoms with van der Waals surface area (Å²) in [6.07, 6.45) is 1.91. The molecule has 1 heterocycles. The molecule has 0 bridgehead atoms. The second-order valence-electron chi connectivity index (χ2n) is 2.98. The molecule has 0 spiro atoms. The molecule has 0 fully saturated rings. The minimum Gasteiger partial charge on any atom is -0.469 e. The van der Waals surface area contributed by atoms with Crippen LogP contribution in [0.2, 0.25) is 0 Å². The fraction of sp³-hybridized carbons (Fsp3) is 0.400. The van der Waals surface area contributed by atoms with Gasteiger partial charge < -0.3 is 10.5 Å². The van der Waals surface area contributed by atoms with E-state index in [-0.39, 0.29) is 5.97 Å². The second-order valence-corrected chi connectivity index (χ2v) is 2.98. The minimum absolute atomic E-state index is 0.186. The summed E-state index contributed by atoms with van der Waals surface area (Å²) in [5, 5.41) is 0. The molecule has 0 amide bonds. The normalized spacial score (nSPS) is 9.79.